The summed E-state index contributed by atoms with van der Waals surface area (Å²) in [7, 11) is 0. The number of rotatable bonds is 5. The molecule has 0 unspecified atom stereocenters. The molecule has 4 aliphatic rings. The fraction of sp³-hybridized carbons (Fsp3) is 0.357. The van der Waals surface area contributed by atoms with E-state index >= 15 is 0 Å². The Hall–Kier alpha value is -3.54. The Morgan fingerprint density at radius 2 is 1.21 bits per heavy atom. The molecule has 176 valence electrons. The fourth-order valence-corrected chi connectivity index (χ4v) is 6.86. The minimum Gasteiger partial charge on any atom is -0.503 e. The predicted octanol–water partition coefficient (Wildman–Crippen LogP) is 6.39. The number of benzene rings is 3. The molecule has 4 bridgehead atoms. The topological polar surface area (TPSA) is 111 Å². The quantitative estimate of drug-likeness (QED) is 0.261. The maximum atomic E-state index is 10.5. The van der Waals surface area contributed by atoms with Crippen molar-refractivity contribution in [2.75, 3.05) is 11.5 Å². The first-order valence-corrected chi connectivity index (χ1v) is 12.1. The van der Waals surface area contributed by atoms with Crippen LogP contribution in [0.4, 0.5) is 11.4 Å². The van der Waals surface area contributed by atoms with Crippen molar-refractivity contribution >= 4 is 11.4 Å². The molecule has 0 heterocycles. The standard InChI is InChI=1S/C28H30N2O4/c29-21-3-1-5-23(27(21)31)33-19-7-8-20(25(14-19)34-24-6-2-4-22(30)28(24)32)26-17-10-15-9-16(12-17)13-18(26)11-15/h1-8,14-18,26,31-32H,9-13,29-30H2. The molecule has 0 saturated heterocycles. The molecule has 0 aromatic heterocycles. The zero-order valence-corrected chi connectivity index (χ0v) is 19.0. The summed E-state index contributed by atoms with van der Waals surface area (Å²) in [5.41, 5.74) is 13.4. The van der Waals surface area contributed by atoms with Crippen molar-refractivity contribution in [1.82, 2.24) is 0 Å². The second-order valence-corrected chi connectivity index (χ2v) is 10.2. The van der Waals surface area contributed by atoms with Crippen LogP contribution in [-0.4, -0.2) is 10.2 Å². The molecule has 3 aromatic carbocycles. The van der Waals surface area contributed by atoms with Gasteiger partial charge in [-0.25, -0.2) is 0 Å². The van der Waals surface area contributed by atoms with E-state index < -0.39 is 0 Å². The molecule has 6 nitrogen and oxygen atoms in total. The first kappa shape index (κ1) is 21.0. The van der Waals surface area contributed by atoms with Gasteiger partial charge in [0.25, 0.3) is 0 Å². The van der Waals surface area contributed by atoms with Crippen molar-refractivity contribution in [2.45, 2.75) is 38.0 Å². The number of hydrogen-bond donors (Lipinski definition) is 4. The van der Waals surface area contributed by atoms with Gasteiger partial charge in [-0.15, -0.1) is 0 Å². The lowest BCUT2D eigenvalue weighted by Gasteiger charge is -2.54. The molecular weight excluding hydrogens is 428 g/mol. The van der Waals surface area contributed by atoms with Crippen LogP contribution in [0.1, 0.15) is 43.6 Å². The van der Waals surface area contributed by atoms with Crippen LogP contribution < -0.4 is 20.9 Å². The molecule has 6 N–H and O–H groups in total. The van der Waals surface area contributed by atoms with Crippen LogP contribution in [-0.2, 0) is 0 Å². The molecular formula is C28H30N2O4. The summed E-state index contributed by atoms with van der Waals surface area (Å²) in [5.74, 6) is 5.10. The van der Waals surface area contributed by atoms with Crippen LogP contribution in [0, 0.1) is 23.7 Å². The lowest BCUT2D eigenvalue weighted by atomic mass is 9.50. The number of aromatic hydroxyl groups is 2. The van der Waals surface area contributed by atoms with Gasteiger partial charge < -0.3 is 31.2 Å². The lowest BCUT2D eigenvalue weighted by molar-refractivity contribution is -0.00337. The van der Waals surface area contributed by atoms with Crippen molar-refractivity contribution in [3.63, 3.8) is 0 Å². The maximum Gasteiger partial charge on any atom is 0.181 e. The van der Waals surface area contributed by atoms with E-state index in [1.165, 1.54) is 32.1 Å². The largest absolute Gasteiger partial charge is 0.503 e. The third-order valence-electron chi connectivity index (χ3n) is 8.08. The summed E-state index contributed by atoms with van der Waals surface area (Å²) in [6, 6.07) is 16.0. The summed E-state index contributed by atoms with van der Waals surface area (Å²) < 4.78 is 12.3. The van der Waals surface area contributed by atoms with Crippen LogP contribution in [0.5, 0.6) is 34.5 Å². The Balaban J connectivity index is 1.39. The minimum atomic E-state index is -0.0939. The second-order valence-electron chi connectivity index (χ2n) is 10.2. The molecule has 0 spiro atoms. The maximum absolute atomic E-state index is 10.5. The summed E-state index contributed by atoms with van der Waals surface area (Å²) in [5, 5.41) is 20.8. The number of ether oxygens (including phenoxy) is 2. The van der Waals surface area contributed by atoms with Crippen LogP contribution in [0.15, 0.2) is 54.6 Å². The van der Waals surface area contributed by atoms with Gasteiger partial charge in [-0.05, 0) is 97.6 Å². The van der Waals surface area contributed by atoms with E-state index in [1.54, 1.807) is 36.4 Å². The Morgan fingerprint density at radius 1 is 0.647 bits per heavy atom. The molecule has 0 radical (unpaired) electrons. The van der Waals surface area contributed by atoms with Crippen LogP contribution in [0.25, 0.3) is 0 Å². The second kappa shape index (κ2) is 8.05. The van der Waals surface area contributed by atoms with Gasteiger partial charge in [-0.2, -0.15) is 0 Å². The van der Waals surface area contributed by atoms with Crippen molar-refractivity contribution in [2.24, 2.45) is 23.7 Å². The van der Waals surface area contributed by atoms with Gasteiger partial charge in [0.2, 0.25) is 0 Å². The highest BCUT2D eigenvalue weighted by molar-refractivity contribution is 5.62. The number of para-hydroxylation sites is 2. The Bertz CT molecular complexity index is 1210. The number of anilines is 2. The third-order valence-corrected chi connectivity index (χ3v) is 8.08. The molecule has 4 saturated carbocycles. The smallest absolute Gasteiger partial charge is 0.181 e. The van der Waals surface area contributed by atoms with Crippen LogP contribution in [0.2, 0.25) is 0 Å². The molecule has 4 fully saturated rings. The summed E-state index contributed by atoms with van der Waals surface area (Å²) in [4.78, 5) is 0. The molecule has 34 heavy (non-hydrogen) atoms. The number of nitrogen functional groups attached to an aromatic ring is 2. The average molecular weight is 459 g/mol. The minimum absolute atomic E-state index is 0.0710. The number of phenolic OH excluding ortho intramolecular Hbond substituents is 2. The zero-order valence-electron chi connectivity index (χ0n) is 19.0. The first-order chi connectivity index (χ1) is 16.5. The van der Waals surface area contributed by atoms with E-state index in [0.717, 1.165) is 17.4 Å². The van der Waals surface area contributed by atoms with Gasteiger partial charge in [-0.1, -0.05) is 18.2 Å². The van der Waals surface area contributed by atoms with Crippen molar-refractivity contribution in [1.29, 1.82) is 0 Å². The Morgan fingerprint density at radius 3 is 1.79 bits per heavy atom. The monoisotopic (exact) mass is 458 g/mol. The number of hydrogen-bond acceptors (Lipinski definition) is 6. The SMILES string of the molecule is Nc1cccc(Oc2ccc(C3C4CC5CC(C4)CC3C5)c(Oc3cccc(N)c3O)c2)c1O. The van der Waals surface area contributed by atoms with Gasteiger partial charge in [-0.3, -0.25) is 0 Å². The van der Waals surface area contributed by atoms with Gasteiger partial charge >= 0.3 is 0 Å². The van der Waals surface area contributed by atoms with Gasteiger partial charge in [0.05, 0.1) is 11.4 Å². The Labute approximate surface area is 199 Å². The highest BCUT2D eigenvalue weighted by Gasteiger charge is 2.49. The highest BCUT2D eigenvalue weighted by Crippen LogP contribution is 2.61. The van der Waals surface area contributed by atoms with E-state index in [-0.39, 0.29) is 28.6 Å². The summed E-state index contributed by atoms with van der Waals surface area (Å²) in [6.07, 6.45) is 6.55. The third kappa shape index (κ3) is 3.58. The Kier molecular flexibility index (Phi) is 4.97. The molecule has 4 aliphatic carbocycles. The van der Waals surface area contributed by atoms with E-state index in [9.17, 15) is 10.2 Å². The molecule has 3 aromatic rings. The number of nitrogens with two attached hydrogens (primary N) is 2. The zero-order chi connectivity index (χ0) is 23.4. The van der Waals surface area contributed by atoms with Gasteiger partial charge in [0, 0.05) is 6.07 Å². The molecule has 6 heteroatoms. The summed E-state index contributed by atoms with van der Waals surface area (Å²) in [6.45, 7) is 0. The van der Waals surface area contributed by atoms with E-state index in [0.29, 0.717) is 35.0 Å². The average Bonchev–Trinajstić information content (AvgIpc) is 2.80. The number of phenols is 2. The van der Waals surface area contributed by atoms with Crippen molar-refractivity contribution in [3.05, 3.63) is 60.2 Å². The molecule has 0 atom stereocenters. The van der Waals surface area contributed by atoms with Gasteiger partial charge in [0.1, 0.15) is 11.5 Å². The first-order valence-electron chi connectivity index (χ1n) is 12.1. The van der Waals surface area contributed by atoms with E-state index in [4.69, 9.17) is 20.9 Å². The lowest BCUT2D eigenvalue weighted by Crippen LogP contribution is -2.43. The predicted molar refractivity (Wildman–Crippen MR) is 131 cm³/mol. The molecule has 0 amide bonds. The fourth-order valence-electron chi connectivity index (χ4n) is 6.86. The van der Waals surface area contributed by atoms with E-state index in [2.05, 4.69) is 6.07 Å². The van der Waals surface area contributed by atoms with Crippen molar-refractivity contribution < 1.29 is 19.7 Å². The summed E-state index contributed by atoms with van der Waals surface area (Å²) >= 11 is 0. The molecule has 7 rings (SSSR count). The van der Waals surface area contributed by atoms with Crippen LogP contribution >= 0.6 is 0 Å². The van der Waals surface area contributed by atoms with E-state index in [1.807, 2.05) is 12.1 Å². The van der Waals surface area contributed by atoms with Gasteiger partial charge in [0.15, 0.2) is 23.0 Å². The normalized spacial score (nSPS) is 27.0. The molecule has 0 aliphatic heterocycles. The highest BCUT2D eigenvalue weighted by atomic mass is 16.5. The van der Waals surface area contributed by atoms with Crippen LogP contribution in [0.3, 0.4) is 0 Å². The van der Waals surface area contributed by atoms with Crippen molar-refractivity contribution in [3.8, 4) is 34.5 Å².